The summed E-state index contributed by atoms with van der Waals surface area (Å²) in [7, 11) is 0. The Balaban J connectivity index is -0.000000107. The van der Waals surface area contributed by atoms with Crippen LogP contribution < -0.4 is 0 Å². The molecule has 0 heterocycles. The number of hydrogen-bond acceptors (Lipinski definition) is 0. The quantitative estimate of drug-likeness (QED) is 0.541. The van der Waals surface area contributed by atoms with Gasteiger partial charge in [0.15, 0.2) is 0 Å². The molecule has 0 saturated carbocycles. The summed E-state index contributed by atoms with van der Waals surface area (Å²) in [6, 6.07) is 0. The first kappa shape index (κ1) is 19.0. The fraction of sp³-hybridized carbons (Fsp3) is 1.00. The molecule has 0 aromatic rings. The van der Waals surface area contributed by atoms with Crippen LogP contribution in [0.1, 0.15) is 0 Å². The Morgan fingerprint density at radius 1 is 0.455 bits per heavy atom. The third kappa shape index (κ3) is 243. The molecule has 0 radical (unpaired) electrons. The summed E-state index contributed by atoms with van der Waals surface area (Å²) in [5.74, 6) is 18.8. The van der Waals surface area contributed by atoms with Crippen LogP contribution in [0.15, 0.2) is 0 Å². The van der Waals surface area contributed by atoms with E-state index in [-0.39, 0.29) is 37.7 Å². The third-order valence-electron chi connectivity index (χ3n) is 0. The molecule has 0 saturated heterocycles. The second kappa shape index (κ2) is 7.70. The first-order valence-electron chi connectivity index (χ1n) is 4.62. The Bertz CT molecular complexity index is 55.1. The molecule has 0 unspecified atom stereocenters. The van der Waals surface area contributed by atoms with E-state index in [1.165, 1.54) is 0 Å². The summed E-state index contributed by atoms with van der Waals surface area (Å²) in [4.78, 5) is 0. The molecule has 0 aliphatic heterocycles. The number of rotatable bonds is 0. The minimum Gasteiger partial charge on any atom is -0.204 e. The summed E-state index contributed by atoms with van der Waals surface area (Å²) in [5.41, 5.74) is 0. The Kier molecular flexibility index (Phi) is 13.3. The second-order valence-electron chi connectivity index (χ2n) is 6.93. The van der Waals surface area contributed by atoms with Gasteiger partial charge in [-0.1, -0.05) is 0 Å². The molecule has 0 atom stereocenters. The molecule has 0 aromatic heterocycles. The molecular formula is C8H24Al2Ca. The summed E-state index contributed by atoms with van der Waals surface area (Å²) in [5, 5.41) is 0. The molecule has 0 aromatic carbocycles. The van der Waals surface area contributed by atoms with Gasteiger partial charge in [-0.05, 0) is 0 Å². The van der Waals surface area contributed by atoms with Gasteiger partial charge in [-0.2, -0.15) is 0 Å². The van der Waals surface area contributed by atoms with Crippen LogP contribution in [0, 0.1) is 0 Å². The van der Waals surface area contributed by atoms with E-state index >= 15 is 0 Å². The molecule has 0 amide bonds. The van der Waals surface area contributed by atoms with Crippen molar-refractivity contribution in [2.75, 3.05) is 0 Å². The van der Waals surface area contributed by atoms with Crippen molar-refractivity contribution in [1.82, 2.24) is 0 Å². The van der Waals surface area contributed by atoms with Gasteiger partial charge in [-0.3, -0.25) is 0 Å². The van der Waals surface area contributed by atoms with E-state index in [2.05, 4.69) is 46.3 Å². The smallest absolute Gasteiger partial charge is 0.204 e. The Labute approximate surface area is 109 Å². The van der Waals surface area contributed by atoms with E-state index in [1.54, 1.807) is 0 Å². The predicted octanol–water partition coefficient (Wildman–Crippen LogP) is 3.53. The topological polar surface area (TPSA) is 0 Å². The van der Waals surface area contributed by atoms with Gasteiger partial charge in [0.1, 0.15) is 26.2 Å². The molecule has 0 fully saturated rings. The minimum atomic E-state index is -0.833. The second-order valence-corrected chi connectivity index (χ2v) is 20.8. The van der Waals surface area contributed by atoms with E-state index in [0.717, 1.165) is 0 Å². The zero-order valence-electron chi connectivity index (χ0n) is 9.86. The van der Waals surface area contributed by atoms with Crippen molar-refractivity contribution < 1.29 is 0 Å². The monoisotopic (exact) mass is 214 g/mol. The standard InChI is InChI=1S/8CH3.2Al.Ca/h8*1H3;;;/q;;;;;;;;2*-1;+2. The normalized spacial score (nSPS) is 10.9. The summed E-state index contributed by atoms with van der Waals surface area (Å²) < 4.78 is 0. The zero-order chi connectivity index (χ0) is 9.00. The maximum atomic E-state index is 2.35. The fourth-order valence-electron chi connectivity index (χ4n) is 0. The van der Waals surface area contributed by atoms with Crippen LogP contribution in [0.3, 0.4) is 0 Å². The van der Waals surface area contributed by atoms with E-state index < -0.39 is 26.2 Å². The van der Waals surface area contributed by atoms with Crippen LogP contribution in [-0.2, 0) is 0 Å². The fourth-order valence-corrected chi connectivity index (χ4v) is 0. The molecule has 0 aliphatic carbocycles. The van der Waals surface area contributed by atoms with E-state index in [4.69, 9.17) is 0 Å². The van der Waals surface area contributed by atoms with Gasteiger partial charge in [0.25, 0.3) is 0 Å². The molecule has 0 spiro atoms. The van der Waals surface area contributed by atoms with Crippen LogP contribution in [-0.4, -0.2) is 63.9 Å². The van der Waals surface area contributed by atoms with Crippen LogP contribution >= 0.6 is 0 Å². The molecule has 0 rings (SSSR count). The van der Waals surface area contributed by atoms with Crippen molar-refractivity contribution in [2.24, 2.45) is 0 Å². The van der Waals surface area contributed by atoms with Crippen molar-refractivity contribution in [1.29, 1.82) is 0 Å². The Morgan fingerprint density at radius 3 is 0.455 bits per heavy atom. The van der Waals surface area contributed by atoms with Crippen LogP contribution in [0.4, 0.5) is 0 Å². The van der Waals surface area contributed by atoms with Crippen molar-refractivity contribution in [3.63, 3.8) is 0 Å². The van der Waals surface area contributed by atoms with Crippen LogP contribution in [0.2, 0.25) is 46.3 Å². The molecule has 64 valence electrons. The first-order chi connectivity index (χ1) is 4.00. The van der Waals surface area contributed by atoms with Gasteiger partial charge in [0.05, 0.1) is 0 Å². The van der Waals surface area contributed by atoms with Gasteiger partial charge in [-0.15, -0.1) is 0 Å². The molecular weight excluding hydrogens is 190 g/mol. The minimum absolute atomic E-state index is 0. The molecule has 0 aliphatic rings. The summed E-state index contributed by atoms with van der Waals surface area (Å²) >= 11 is -1.67. The van der Waals surface area contributed by atoms with Gasteiger partial charge >= 0.3 is 37.7 Å². The summed E-state index contributed by atoms with van der Waals surface area (Å²) in [6.07, 6.45) is 0. The largest absolute Gasteiger partial charge is 2.00 e. The van der Waals surface area contributed by atoms with E-state index in [0.29, 0.717) is 0 Å². The Morgan fingerprint density at radius 2 is 0.455 bits per heavy atom. The van der Waals surface area contributed by atoms with E-state index in [1.807, 2.05) is 0 Å². The average Bonchev–Trinajstić information content (AvgIpc) is 1.12. The predicted molar refractivity (Wildman–Crippen MR) is 64.2 cm³/mol. The van der Waals surface area contributed by atoms with Crippen molar-refractivity contribution in [3.05, 3.63) is 0 Å². The average molecular weight is 214 g/mol. The van der Waals surface area contributed by atoms with Crippen LogP contribution in [0.25, 0.3) is 0 Å². The maximum absolute atomic E-state index is 2.35. The Hall–Kier alpha value is 2.32. The SMILES string of the molecule is [CH3][Al-]([CH3])([CH3])[CH3].[CH3][Al-]([CH3])([CH3])[CH3].[Ca+2]. The maximum Gasteiger partial charge on any atom is 2.00 e. The van der Waals surface area contributed by atoms with Crippen molar-refractivity contribution >= 4 is 63.9 Å². The van der Waals surface area contributed by atoms with Crippen molar-refractivity contribution in [3.8, 4) is 0 Å². The van der Waals surface area contributed by atoms with E-state index in [9.17, 15) is 0 Å². The van der Waals surface area contributed by atoms with Gasteiger partial charge in [0.2, 0.25) is 0 Å². The number of hydrogen-bond donors (Lipinski definition) is 0. The molecule has 0 N–H and O–H groups in total. The van der Waals surface area contributed by atoms with Crippen molar-refractivity contribution in [2.45, 2.75) is 46.3 Å². The molecule has 0 bridgehead atoms. The molecule has 0 nitrogen and oxygen atoms in total. The first-order valence-corrected chi connectivity index (χ1v) is 13.9. The van der Waals surface area contributed by atoms with Gasteiger partial charge in [0, 0.05) is 0 Å². The van der Waals surface area contributed by atoms with Gasteiger partial charge in [-0.25, -0.2) is 46.3 Å². The zero-order valence-corrected chi connectivity index (χ0v) is 14.4. The molecule has 11 heavy (non-hydrogen) atoms. The van der Waals surface area contributed by atoms with Gasteiger partial charge < -0.3 is 0 Å². The van der Waals surface area contributed by atoms with Crippen LogP contribution in [0.5, 0.6) is 0 Å². The third-order valence-corrected chi connectivity index (χ3v) is 0. The molecule has 3 heteroatoms. The summed E-state index contributed by atoms with van der Waals surface area (Å²) in [6.45, 7) is 0.